The molecule has 0 atom stereocenters. The number of thioether (sulfide) groups is 1. The quantitative estimate of drug-likeness (QED) is 0.494. The number of carbonyl (C=O) groups excluding carboxylic acids is 2. The average molecular weight is 365 g/mol. The van der Waals surface area contributed by atoms with Gasteiger partial charge in [0.05, 0.1) is 17.2 Å². The first-order valence-corrected chi connectivity index (χ1v) is 8.40. The fraction of sp³-hybridized carbons (Fsp3) is 0.158. The van der Waals surface area contributed by atoms with E-state index in [0.29, 0.717) is 11.3 Å². The Morgan fingerprint density at radius 1 is 1.15 bits per heavy atom. The van der Waals surface area contributed by atoms with Gasteiger partial charge < -0.3 is 10.1 Å². The third-order valence-corrected chi connectivity index (χ3v) is 4.06. The molecule has 0 aliphatic carbocycles. The molecule has 26 heavy (non-hydrogen) atoms. The van der Waals surface area contributed by atoms with Crippen LogP contribution in [0.4, 0.5) is 5.69 Å². The molecule has 2 aromatic carbocycles. The van der Waals surface area contributed by atoms with Crippen molar-refractivity contribution in [3.63, 3.8) is 0 Å². The fourth-order valence-electron chi connectivity index (χ4n) is 2.34. The van der Waals surface area contributed by atoms with Crippen LogP contribution in [-0.2, 0) is 9.53 Å². The maximum absolute atomic E-state index is 12.1. The Labute approximate surface area is 155 Å². The van der Waals surface area contributed by atoms with Crippen LogP contribution in [0.2, 0.25) is 0 Å². The van der Waals surface area contributed by atoms with Crippen LogP contribution in [0.3, 0.4) is 0 Å². The van der Waals surface area contributed by atoms with Crippen LogP contribution in [0.15, 0.2) is 41.3 Å². The second kappa shape index (κ2) is 8.70. The zero-order valence-electron chi connectivity index (χ0n) is 14.2. The molecule has 0 unspecified atom stereocenters. The molecule has 0 aromatic heterocycles. The fourth-order valence-corrected chi connectivity index (χ4v) is 2.92. The number of esters is 1. The van der Waals surface area contributed by atoms with Gasteiger partial charge in [-0.1, -0.05) is 6.07 Å². The largest absolute Gasteiger partial charge is 0.452 e. The molecule has 2 aromatic rings. The summed E-state index contributed by atoms with van der Waals surface area (Å²) in [5, 5.41) is 22.3. The van der Waals surface area contributed by atoms with Gasteiger partial charge in [-0.25, -0.2) is 4.79 Å². The van der Waals surface area contributed by atoms with E-state index in [1.807, 2.05) is 25.3 Å². The molecule has 1 amide bonds. The summed E-state index contributed by atoms with van der Waals surface area (Å²) in [6, 6.07) is 11.6. The Balaban J connectivity index is 2.00. The number of nitriles is 2. The number of rotatable bonds is 5. The van der Waals surface area contributed by atoms with E-state index in [9.17, 15) is 9.59 Å². The summed E-state index contributed by atoms with van der Waals surface area (Å²) < 4.78 is 5.00. The van der Waals surface area contributed by atoms with Crippen LogP contribution < -0.4 is 5.32 Å². The van der Waals surface area contributed by atoms with E-state index in [4.69, 9.17) is 15.3 Å². The van der Waals surface area contributed by atoms with Crippen molar-refractivity contribution in [1.82, 2.24) is 0 Å². The van der Waals surface area contributed by atoms with Crippen LogP contribution in [0.1, 0.15) is 27.0 Å². The molecule has 0 fully saturated rings. The molecule has 0 heterocycles. The van der Waals surface area contributed by atoms with Crippen LogP contribution in [-0.4, -0.2) is 18.5 Å². The Morgan fingerprint density at radius 2 is 1.85 bits per heavy atom. The van der Waals surface area contributed by atoms with Gasteiger partial charge in [0.25, 0.3) is 5.91 Å². The molecule has 7 heteroatoms. The number of ether oxygens (including phenoxy) is 1. The maximum Gasteiger partial charge on any atom is 0.338 e. The molecule has 6 nitrogen and oxygen atoms in total. The number of thiocyanates is 1. The highest BCUT2D eigenvalue weighted by molar-refractivity contribution is 8.03. The number of benzene rings is 2. The maximum atomic E-state index is 12.1. The molecule has 0 radical (unpaired) electrons. The van der Waals surface area contributed by atoms with E-state index >= 15 is 0 Å². The standard InChI is InChI=1S/C19H15N3O3S/c1-12-6-16(26-11-21)7-13(2)18(12)22-17(23)10-25-19(24)15-5-3-4-14(8-15)9-20/h3-8H,10H2,1-2H3,(H,22,23). The number of carbonyl (C=O) groups is 2. The number of hydrogen-bond acceptors (Lipinski definition) is 6. The van der Waals surface area contributed by atoms with Crippen molar-refractivity contribution in [3.05, 3.63) is 58.7 Å². The first-order valence-electron chi connectivity index (χ1n) is 7.59. The summed E-state index contributed by atoms with van der Waals surface area (Å²) in [6.45, 7) is 3.20. The van der Waals surface area contributed by atoms with Crippen LogP contribution in [0, 0.1) is 35.8 Å². The highest BCUT2D eigenvalue weighted by atomic mass is 32.2. The number of hydrogen-bond donors (Lipinski definition) is 1. The van der Waals surface area contributed by atoms with Crippen LogP contribution in [0.5, 0.6) is 0 Å². The Morgan fingerprint density at radius 3 is 2.46 bits per heavy atom. The highest BCUT2D eigenvalue weighted by Gasteiger charge is 2.13. The number of nitrogens with zero attached hydrogens (tertiary/aromatic N) is 2. The Hall–Kier alpha value is -3.29. The van der Waals surface area contributed by atoms with Crippen molar-refractivity contribution in [2.45, 2.75) is 18.7 Å². The van der Waals surface area contributed by atoms with E-state index in [1.165, 1.54) is 12.1 Å². The Bertz CT molecular complexity index is 919. The SMILES string of the molecule is Cc1cc(SC#N)cc(C)c1NC(=O)COC(=O)c1cccc(C#N)c1. The lowest BCUT2D eigenvalue weighted by molar-refractivity contribution is -0.119. The lowest BCUT2D eigenvalue weighted by atomic mass is 10.1. The summed E-state index contributed by atoms with van der Waals surface area (Å²) in [6.07, 6.45) is 0. The topological polar surface area (TPSA) is 103 Å². The van der Waals surface area contributed by atoms with Gasteiger partial charge in [0, 0.05) is 10.6 Å². The molecule has 0 aliphatic rings. The van der Waals surface area contributed by atoms with E-state index in [2.05, 4.69) is 5.32 Å². The monoisotopic (exact) mass is 365 g/mol. The van der Waals surface area contributed by atoms with E-state index < -0.39 is 18.5 Å². The second-order valence-electron chi connectivity index (χ2n) is 5.44. The molecule has 130 valence electrons. The summed E-state index contributed by atoms with van der Waals surface area (Å²) in [5.41, 5.74) is 2.79. The van der Waals surface area contributed by atoms with Gasteiger partial charge in [0.2, 0.25) is 0 Å². The number of aryl methyl sites for hydroxylation is 2. The average Bonchev–Trinajstić information content (AvgIpc) is 2.63. The number of nitrogens with one attached hydrogen (secondary N) is 1. The molecular weight excluding hydrogens is 350 g/mol. The van der Waals surface area contributed by atoms with Gasteiger partial charge in [-0.2, -0.15) is 10.5 Å². The summed E-state index contributed by atoms with van der Waals surface area (Å²) in [5.74, 6) is -1.15. The molecule has 0 saturated carbocycles. The predicted octanol–water partition coefficient (Wildman–Crippen LogP) is 3.54. The lowest BCUT2D eigenvalue weighted by Crippen LogP contribution is -2.22. The first-order chi connectivity index (χ1) is 12.4. The van der Waals surface area contributed by atoms with Gasteiger partial charge in [-0.3, -0.25) is 4.79 Å². The third-order valence-electron chi connectivity index (χ3n) is 3.50. The van der Waals surface area contributed by atoms with Crippen molar-refractivity contribution < 1.29 is 14.3 Å². The van der Waals surface area contributed by atoms with Crippen LogP contribution >= 0.6 is 11.8 Å². The minimum atomic E-state index is -0.675. The van der Waals surface area contributed by atoms with Crippen LogP contribution in [0.25, 0.3) is 0 Å². The van der Waals surface area contributed by atoms with E-state index in [0.717, 1.165) is 27.8 Å². The third kappa shape index (κ3) is 4.85. The zero-order valence-corrected chi connectivity index (χ0v) is 15.0. The van der Waals surface area contributed by atoms with Gasteiger partial charge >= 0.3 is 5.97 Å². The van der Waals surface area contributed by atoms with Crippen molar-refractivity contribution >= 4 is 29.3 Å². The number of amides is 1. The summed E-state index contributed by atoms with van der Waals surface area (Å²) in [7, 11) is 0. The Kier molecular flexibility index (Phi) is 6.37. The molecule has 0 bridgehead atoms. The molecule has 0 aliphatic heterocycles. The van der Waals surface area contributed by atoms with Crippen molar-refractivity contribution in [3.8, 4) is 11.5 Å². The molecule has 0 saturated heterocycles. The smallest absolute Gasteiger partial charge is 0.338 e. The first kappa shape index (κ1) is 19.0. The van der Waals surface area contributed by atoms with E-state index in [1.54, 1.807) is 24.3 Å². The summed E-state index contributed by atoms with van der Waals surface area (Å²) in [4.78, 5) is 24.9. The summed E-state index contributed by atoms with van der Waals surface area (Å²) >= 11 is 1.05. The van der Waals surface area contributed by atoms with Crippen molar-refractivity contribution in [2.75, 3.05) is 11.9 Å². The van der Waals surface area contributed by atoms with Gasteiger partial charge in [0.15, 0.2) is 6.61 Å². The molecular formula is C19H15N3O3S. The minimum Gasteiger partial charge on any atom is -0.452 e. The number of anilines is 1. The molecule has 1 N–H and O–H groups in total. The van der Waals surface area contributed by atoms with Gasteiger partial charge in [-0.15, -0.1) is 0 Å². The van der Waals surface area contributed by atoms with Gasteiger partial charge in [0.1, 0.15) is 5.40 Å². The van der Waals surface area contributed by atoms with Crippen molar-refractivity contribution in [2.24, 2.45) is 0 Å². The molecule has 2 rings (SSSR count). The lowest BCUT2D eigenvalue weighted by Gasteiger charge is -2.13. The van der Waals surface area contributed by atoms with Gasteiger partial charge in [-0.05, 0) is 67.1 Å². The van der Waals surface area contributed by atoms with E-state index in [-0.39, 0.29) is 5.56 Å². The van der Waals surface area contributed by atoms with Crippen molar-refractivity contribution in [1.29, 1.82) is 10.5 Å². The minimum absolute atomic E-state index is 0.210. The zero-order chi connectivity index (χ0) is 19.1. The molecule has 0 spiro atoms. The highest BCUT2D eigenvalue weighted by Crippen LogP contribution is 2.27. The predicted molar refractivity (Wildman–Crippen MR) is 97.5 cm³/mol. The second-order valence-corrected chi connectivity index (χ2v) is 6.30. The normalized spacial score (nSPS) is 9.69.